The van der Waals surface area contributed by atoms with Gasteiger partial charge >= 0.3 is 0 Å². The number of nitrogens with two attached hydrogens (primary N) is 1. The Morgan fingerprint density at radius 3 is 2.53 bits per heavy atom. The lowest BCUT2D eigenvalue weighted by Crippen LogP contribution is -2.46. The third-order valence-corrected chi connectivity index (χ3v) is 2.79. The van der Waals surface area contributed by atoms with E-state index in [-0.39, 0.29) is 11.9 Å². The van der Waals surface area contributed by atoms with Crippen LogP contribution in [0.4, 0.5) is 0 Å². The summed E-state index contributed by atoms with van der Waals surface area (Å²) in [6.45, 7) is 8.26. The van der Waals surface area contributed by atoms with Gasteiger partial charge in [-0.3, -0.25) is 4.79 Å². The van der Waals surface area contributed by atoms with E-state index in [1.54, 1.807) is 4.90 Å². The molecule has 0 aromatic carbocycles. The summed E-state index contributed by atoms with van der Waals surface area (Å²) in [5.41, 5.74) is 5.79. The highest BCUT2D eigenvalue weighted by Crippen LogP contribution is 2.13. The van der Waals surface area contributed by atoms with Crippen LogP contribution in [0.2, 0.25) is 0 Å². The van der Waals surface area contributed by atoms with Gasteiger partial charge < -0.3 is 15.1 Å². The van der Waals surface area contributed by atoms with E-state index in [2.05, 4.69) is 0 Å². The first kappa shape index (κ1) is 13.8. The smallest absolute Gasteiger partial charge is 0.240 e. The van der Waals surface area contributed by atoms with Gasteiger partial charge in [0, 0.05) is 6.04 Å². The number of hydrogen-bond donors (Lipinski definition) is 1. The normalized spacial score (nSPS) is 12.8. The molecular formula is C13H22N2O2. The molecule has 0 bridgehead atoms. The van der Waals surface area contributed by atoms with Crippen LogP contribution in [0.1, 0.15) is 38.7 Å². The van der Waals surface area contributed by atoms with Crippen molar-refractivity contribution in [3.8, 4) is 0 Å². The van der Waals surface area contributed by atoms with Crippen LogP contribution in [0.25, 0.3) is 0 Å². The Bertz CT molecular complexity index is 371. The minimum absolute atomic E-state index is 0.0171. The van der Waals surface area contributed by atoms with Crippen molar-refractivity contribution < 1.29 is 9.21 Å². The monoisotopic (exact) mass is 238 g/mol. The summed E-state index contributed by atoms with van der Waals surface area (Å²) in [6.07, 6.45) is 0.652. The average molecular weight is 238 g/mol. The zero-order chi connectivity index (χ0) is 13.0. The van der Waals surface area contributed by atoms with Crippen molar-refractivity contribution in [1.82, 2.24) is 4.90 Å². The van der Waals surface area contributed by atoms with Crippen molar-refractivity contribution in [2.75, 3.05) is 0 Å². The highest BCUT2D eigenvalue weighted by Gasteiger charge is 2.23. The molecule has 0 fully saturated rings. The molecule has 0 saturated heterocycles. The molecule has 17 heavy (non-hydrogen) atoms. The molecule has 1 heterocycles. The molecule has 1 aromatic rings. The maximum absolute atomic E-state index is 12.1. The largest absolute Gasteiger partial charge is 0.464 e. The SMILES string of the molecule is CC[C@H](N)C(=O)N(Cc1ccc(C)o1)C(C)C. The number of carbonyl (C=O) groups is 1. The number of rotatable bonds is 5. The van der Waals surface area contributed by atoms with Gasteiger partial charge in [-0.05, 0) is 39.3 Å². The van der Waals surface area contributed by atoms with Crippen LogP contribution < -0.4 is 5.73 Å². The topological polar surface area (TPSA) is 59.5 Å². The molecule has 1 aromatic heterocycles. The number of carbonyl (C=O) groups excluding carboxylic acids is 1. The van der Waals surface area contributed by atoms with Crippen molar-refractivity contribution in [1.29, 1.82) is 0 Å². The van der Waals surface area contributed by atoms with E-state index in [4.69, 9.17) is 10.2 Å². The predicted molar refractivity (Wildman–Crippen MR) is 67.4 cm³/mol. The lowest BCUT2D eigenvalue weighted by molar-refractivity contribution is -0.135. The number of nitrogens with zero attached hydrogens (tertiary/aromatic N) is 1. The van der Waals surface area contributed by atoms with Gasteiger partial charge in [-0.2, -0.15) is 0 Å². The Morgan fingerprint density at radius 2 is 2.12 bits per heavy atom. The van der Waals surface area contributed by atoms with Gasteiger partial charge in [0.25, 0.3) is 0 Å². The van der Waals surface area contributed by atoms with E-state index in [0.717, 1.165) is 11.5 Å². The number of aryl methyl sites for hydroxylation is 1. The first-order valence-corrected chi connectivity index (χ1v) is 6.07. The lowest BCUT2D eigenvalue weighted by atomic mass is 10.1. The quantitative estimate of drug-likeness (QED) is 0.854. The Morgan fingerprint density at radius 1 is 1.47 bits per heavy atom. The van der Waals surface area contributed by atoms with Gasteiger partial charge in [-0.1, -0.05) is 6.92 Å². The fraction of sp³-hybridized carbons (Fsp3) is 0.615. The van der Waals surface area contributed by atoms with E-state index in [1.807, 2.05) is 39.8 Å². The van der Waals surface area contributed by atoms with E-state index in [1.165, 1.54) is 0 Å². The van der Waals surface area contributed by atoms with Gasteiger partial charge in [-0.15, -0.1) is 0 Å². The molecule has 1 amide bonds. The highest BCUT2D eigenvalue weighted by atomic mass is 16.3. The second-order valence-electron chi connectivity index (χ2n) is 4.59. The minimum atomic E-state index is -0.423. The van der Waals surface area contributed by atoms with Crippen molar-refractivity contribution in [2.24, 2.45) is 5.73 Å². The Labute approximate surface area is 103 Å². The number of furan rings is 1. The maximum Gasteiger partial charge on any atom is 0.240 e. The van der Waals surface area contributed by atoms with Crippen LogP contribution >= 0.6 is 0 Å². The van der Waals surface area contributed by atoms with Crippen molar-refractivity contribution in [3.63, 3.8) is 0 Å². The molecule has 0 aliphatic carbocycles. The molecule has 0 spiro atoms. The summed E-state index contributed by atoms with van der Waals surface area (Å²) < 4.78 is 5.49. The zero-order valence-electron chi connectivity index (χ0n) is 11.1. The summed E-state index contributed by atoms with van der Waals surface area (Å²) >= 11 is 0. The molecule has 1 rings (SSSR count). The summed E-state index contributed by atoms with van der Waals surface area (Å²) in [5, 5.41) is 0. The Balaban J connectivity index is 2.76. The number of amides is 1. The van der Waals surface area contributed by atoms with Gasteiger partial charge in [0.1, 0.15) is 11.5 Å². The van der Waals surface area contributed by atoms with Crippen molar-refractivity contribution in [2.45, 2.75) is 52.7 Å². The molecule has 96 valence electrons. The molecule has 4 nitrogen and oxygen atoms in total. The zero-order valence-corrected chi connectivity index (χ0v) is 11.1. The first-order chi connectivity index (χ1) is 7.95. The average Bonchev–Trinajstić information content (AvgIpc) is 2.69. The summed E-state index contributed by atoms with van der Waals surface area (Å²) in [4.78, 5) is 13.8. The summed E-state index contributed by atoms with van der Waals surface area (Å²) in [5.74, 6) is 1.64. The Kier molecular flexibility index (Phi) is 4.75. The van der Waals surface area contributed by atoms with Crippen LogP contribution in [0.3, 0.4) is 0 Å². The van der Waals surface area contributed by atoms with Gasteiger partial charge in [0.2, 0.25) is 5.91 Å². The van der Waals surface area contributed by atoms with E-state index in [9.17, 15) is 4.79 Å². The Hall–Kier alpha value is -1.29. The number of hydrogen-bond acceptors (Lipinski definition) is 3. The second kappa shape index (κ2) is 5.87. The second-order valence-corrected chi connectivity index (χ2v) is 4.59. The molecular weight excluding hydrogens is 216 g/mol. The third kappa shape index (κ3) is 3.60. The van der Waals surface area contributed by atoms with Crippen LogP contribution in [0.5, 0.6) is 0 Å². The van der Waals surface area contributed by atoms with Crippen LogP contribution in [0, 0.1) is 6.92 Å². The molecule has 0 unspecified atom stereocenters. The van der Waals surface area contributed by atoms with Crippen molar-refractivity contribution in [3.05, 3.63) is 23.7 Å². The lowest BCUT2D eigenvalue weighted by Gasteiger charge is -2.28. The van der Waals surface area contributed by atoms with Crippen molar-refractivity contribution >= 4 is 5.91 Å². The molecule has 1 atom stereocenters. The van der Waals surface area contributed by atoms with Crippen LogP contribution in [0.15, 0.2) is 16.5 Å². The molecule has 0 aliphatic rings. The van der Waals surface area contributed by atoms with Gasteiger partial charge in [0.15, 0.2) is 0 Å². The van der Waals surface area contributed by atoms with E-state index in [0.29, 0.717) is 13.0 Å². The maximum atomic E-state index is 12.1. The molecule has 0 aliphatic heterocycles. The van der Waals surface area contributed by atoms with Crippen LogP contribution in [-0.4, -0.2) is 22.9 Å². The molecule has 0 saturated carbocycles. The standard InChI is InChI=1S/C13H22N2O2/c1-5-12(14)13(16)15(9(2)3)8-11-7-6-10(4)17-11/h6-7,9,12H,5,8,14H2,1-4H3/t12-/m0/s1. The third-order valence-electron chi connectivity index (χ3n) is 2.79. The predicted octanol–water partition coefficient (Wildman–Crippen LogP) is 2.06. The highest BCUT2D eigenvalue weighted by molar-refractivity contribution is 5.81. The van der Waals surface area contributed by atoms with Gasteiger partial charge in [0.05, 0.1) is 12.6 Å². The minimum Gasteiger partial charge on any atom is -0.464 e. The van der Waals surface area contributed by atoms with Crippen LogP contribution in [-0.2, 0) is 11.3 Å². The summed E-state index contributed by atoms with van der Waals surface area (Å²) in [7, 11) is 0. The summed E-state index contributed by atoms with van der Waals surface area (Å²) in [6, 6.07) is 3.49. The molecule has 2 N–H and O–H groups in total. The van der Waals surface area contributed by atoms with E-state index < -0.39 is 6.04 Å². The van der Waals surface area contributed by atoms with E-state index >= 15 is 0 Å². The fourth-order valence-corrected chi connectivity index (χ4v) is 1.64. The fourth-order valence-electron chi connectivity index (χ4n) is 1.64. The first-order valence-electron chi connectivity index (χ1n) is 6.07. The van der Waals surface area contributed by atoms with Gasteiger partial charge in [-0.25, -0.2) is 0 Å². The molecule has 4 heteroatoms. The molecule has 0 radical (unpaired) electrons.